The summed E-state index contributed by atoms with van der Waals surface area (Å²) in [5, 5.41) is 22.7. The molecule has 0 aliphatic rings. The number of hydrogen-bond donors (Lipinski definition) is 3. The zero-order valence-electron chi connectivity index (χ0n) is 11.6. The van der Waals surface area contributed by atoms with Gasteiger partial charge in [0.1, 0.15) is 11.5 Å². The number of phenols is 2. The van der Waals surface area contributed by atoms with Crippen molar-refractivity contribution in [1.82, 2.24) is 0 Å². The van der Waals surface area contributed by atoms with Crippen LogP contribution in [-0.2, 0) is 0 Å². The first-order chi connectivity index (χ1) is 9.61. The van der Waals surface area contributed by atoms with E-state index in [1.807, 2.05) is 25.1 Å². The van der Waals surface area contributed by atoms with E-state index in [0.717, 1.165) is 17.0 Å². The minimum Gasteiger partial charge on any atom is -0.508 e. The second-order valence-corrected chi connectivity index (χ2v) is 5.84. The second kappa shape index (κ2) is 6.57. The molecule has 20 heavy (non-hydrogen) atoms. The fourth-order valence-corrected chi connectivity index (χ4v) is 2.84. The highest BCUT2D eigenvalue weighted by Gasteiger charge is 2.12. The Bertz CT molecular complexity index is 586. The number of thioether (sulfide) groups is 1. The predicted molar refractivity (Wildman–Crippen MR) is 84.6 cm³/mol. The summed E-state index contributed by atoms with van der Waals surface area (Å²) in [5.74, 6) is 1.18. The number of benzene rings is 2. The van der Waals surface area contributed by atoms with Crippen LogP contribution < -0.4 is 5.32 Å². The molecule has 0 aliphatic heterocycles. The van der Waals surface area contributed by atoms with Gasteiger partial charge in [-0.3, -0.25) is 0 Å². The highest BCUT2D eigenvalue weighted by molar-refractivity contribution is 7.99. The van der Waals surface area contributed by atoms with Crippen LogP contribution in [-0.4, -0.2) is 16.0 Å². The van der Waals surface area contributed by atoms with Gasteiger partial charge < -0.3 is 15.5 Å². The summed E-state index contributed by atoms with van der Waals surface area (Å²) in [7, 11) is 0. The number of aromatic hydroxyl groups is 2. The Hall–Kier alpha value is -1.81. The van der Waals surface area contributed by atoms with E-state index in [1.165, 1.54) is 11.0 Å². The minimum absolute atomic E-state index is 0.0470. The van der Waals surface area contributed by atoms with Gasteiger partial charge in [-0.1, -0.05) is 19.1 Å². The summed E-state index contributed by atoms with van der Waals surface area (Å²) in [5.41, 5.74) is 1.82. The maximum Gasteiger partial charge on any atom is 0.124 e. The Morgan fingerprint density at radius 1 is 1.15 bits per heavy atom. The standard InChI is InChI=1S/C16H19NO2S/c1-3-20-16-7-5-4-6-14(16)17-11(2)13-9-8-12(18)10-15(13)19/h4-11,17-19H,3H2,1-2H3. The molecule has 0 amide bonds. The topological polar surface area (TPSA) is 52.5 Å². The SMILES string of the molecule is CCSc1ccccc1NC(C)c1ccc(O)cc1O. The molecule has 2 aromatic carbocycles. The smallest absolute Gasteiger partial charge is 0.124 e. The van der Waals surface area contributed by atoms with Crippen LogP contribution in [0.15, 0.2) is 47.4 Å². The number of anilines is 1. The van der Waals surface area contributed by atoms with Crippen molar-refractivity contribution in [2.24, 2.45) is 0 Å². The minimum atomic E-state index is -0.0470. The largest absolute Gasteiger partial charge is 0.508 e. The monoisotopic (exact) mass is 289 g/mol. The lowest BCUT2D eigenvalue weighted by atomic mass is 10.1. The number of rotatable bonds is 5. The van der Waals surface area contributed by atoms with Gasteiger partial charge in [-0.25, -0.2) is 0 Å². The molecule has 0 fully saturated rings. The van der Waals surface area contributed by atoms with Gasteiger partial charge in [0, 0.05) is 22.2 Å². The summed E-state index contributed by atoms with van der Waals surface area (Å²) in [6.45, 7) is 4.11. The second-order valence-electron chi connectivity index (χ2n) is 4.54. The summed E-state index contributed by atoms with van der Waals surface area (Å²) in [6.07, 6.45) is 0. The quantitative estimate of drug-likeness (QED) is 0.715. The molecule has 0 spiro atoms. The molecule has 2 rings (SSSR count). The third kappa shape index (κ3) is 3.39. The van der Waals surface area contributed by atoms with Crippen molar-refractivity contribution in [3.05, 3.63) is 48.0 Å². The van der Waals surface area contributed by atoms with Crippen LogP contribution in [0.2, 0.25) is 0 Å². The lowest BCUT2D eigenvalue weighted by molar-refractivity contribution is 0.444. The normalized spacial score (nSPS) is 12.1. The first-order valence-electron chi connectivity index (χ1n) is 6.62. The number of hydrogen-bond acceptors (Lipinski definition) is 4. The van der Waals surface area contributed by atoms with Crippen molar-refractivity contribution in [3.63, 3.8) is 0 Å². The highest BCUT2D eigenvalue weighted by Crippen LogP contribution is 2.33. The van der Waals surface area contributed by atoms with Crippen molar-refractivity contribution < 1.29 is 10.2 Å². The van der Waals surface area contributed by atoms with Gasteiger partial charge in [-0.2, -0.15) is 0 Å². The maximum atomic E-state index is 9.91. The van der Waals surface area contributed by atoms with E-state index in [9.17, 15) is 10.2 Å². The summed E-state index contributed by atoms with van der Waals surface area (Å²) in [6, 6.07) is 12.8. The molecule has 3 N–H and O–H groups in total. The molecule has 0 saturated heterocycles. The average molecular weight is 289 g/mol. The van der Waals surface area contributed by atoms with Gasteiger partial charge >= 0.3 is 0 Å². The van der Waals surface area contributed by atoms with Crippen molar-refractivity contribution in [2.75, 3.05) is 11.1 Å². The van der Waals surface area contributed by atoms with Gasteiger partial charge in [0.15, 0.2) is 0 Å². The average Bonchev–Trinajstić information content (AvgIpc) is 2.41. The predicted octanol–water partition coefficient (Wildman–Crippen LogP) is 4.38. The van der Waals surface area contributed by atoms with Crippen molar-refractivity contribution in [2.45, 2.75) is 24.8 Å². The van der Waals surface area contributed by atoms with E-state index in [0.29, 0.717) is 0 Å². The molecule has 1 unspecified atom stereocenters. The van der Waals surface area contributed by atoms with Crippen molar-refractivity contribution in [3.8, 4) is 11.5 Å². The van der Waals surface area contributed by atoms with E-state index in [1.54, 1.807) is 23.9 Å². The highest BCUT2D eigenvalue weighted by atomic mass is 32.2. The van der Waals surface area contributed by atoms with Crippen molar-refractivity contribution in [1.29, 1.82) is 0 Å². The molecule has 0 aliphatic carbocycles. The molecule has 106 valence electrons. The van der Waals surface area contributed by atoms with Crippen molar-refractivity contribution >= 4 is 17.4 Å². The molecular formula is C16H19NO2S. The van der Waals surface area contributed by atoms with Gasteiger partial charge in [-0.05, 0) is 36.9 Å². The molecule has 1 atom stereocenters. The summed E-state index contributed by atoms with van der Waals surface area (Å²) >= 11 is 1.78. The van der Waals surface area contributed by atoms with Gasteiger partial charge in [-0.15, -0.1) is 11.8 Å². The molecule has 0 heterocycles. The van der Waals surface area contributed by atoms with Gasteiger partial charge in [0.05, 0.1) is 6.04 Å². The molecule has 0 bridgehead atoms. The third-order valence-electron chi connectivity index (χ3n) is 3.04. The van der Waals surface area contributed by atoms with Crippen LogP contribution >= 0.6 is 11.8 Å². The molecule has 0 aromatic heterocycles. The molecular weight excluding hydrogens is 270 g/mol. The number of para-hydroxylation sites is 1. The molecule has 0 radical (unpaired) electrons. The van der Waals surface area contributed by atoms with E-state index in [4.69, 9.17) is 0 Å². The van der Waals surface area contributed by atoms with Gasteiger partial charge in [0.25, 0.3) is 0 Å². The Morgan fingerprint density at radius 3 is 2.60 bits per heavy atom. The van der Waals surface area contributed by atoms with Crippen LogP contribution in [0.5, 0.6) is 11.5 Å². The Labute approximate surface area is 123 Å². The van der Waals surface area contributed by atoms with E-state index in [-0.39, 0.29) is 17.5 Å². The van der Waals surface area contributed by atoms with Gasteiger partial charge in [0.2, 0.25) is 0 Å². The first-order valence-corrected chi connectivity index (χ1v) is 7.60. The molecule has 3 nitrogen and oxygen atoms in total. The Morgan fingerprint density at radius 2 is 1.90 bits per heavy atom. The van der Waals surface area contributed by atoms with Crippen LogP contribution in [0.4, 0.5) is 5.69 Å². The zero-order chi connectivity index (χ0) is 14.5. The van der Waals surface area contributed by atoms with Crippen LogP contribution in [0, 0.1) is 0 Å². The Balaban J connectivity index is 2.21. The number of nitrogens with one attached hydrogen (secondary N) is 1. The maximum absolute atomic E-state index is 9.91. The third-order valence-corrected chi connectivity index (χ3v) is 4.00. The van der Waals surface area contributed by atoms with Crippen LogP contribution in [0.3, 0.4) is 0 Å². The first kappa shape index (κ1) is 14.6. The number of phenolic OH excluding ortho intramolecular Hbond substituents is 2. The molecule has 2 aromatic rings. The van der Waals surface area contributed by atoms with Crippen LogP contribution in [0.1, 0.15) is 25.5 Å². The van der Waals surface area contributed by atoms with E-state index >= 15 is 0 Å². The fraction of sp³-hybridized carbons (Fsp3) is 0.250. The Kier molecular flexibility index (Phi) is 4.79. The van der Waals surface area contributed by atoms with Crippen LogP contribution in [0.25, 0.3) is 0 Å². The van der Waals surface area contributed by atoms with E-state index < -0.39 is 0 Å². The molecule has 4 heteroatoms. The summed E-state index contributed by atoms with van der Waals surface area (Å²) in [4.78, 5) is 1.19. The molecule has 0 saturated carbocycles. The lowest BCUT2D eigenvalue weighted by Crippen LogP contribution is -2.07. The van der Waals surface area contributed by atoms with E-state index in [2.05, 4.69) is 18.3 Å². The summed E-state index contributed by atoms with van der Waals surface area (Å²) < 4.78 is 0. The fourth-order valence-electron chi connectivity index (χ4n) is 2.08. The zero-order valence-corrected chi connectivity index (χ0v) is 12.4. The lowest BCUT2D eigenvalue weighted by Gasteiger charge is -2.19.